The number of Topliss-reactive ketones (excluding diaryl/α,β-unsaturated/α-hetero) is 1. The fraction of sp³-hybridized carbons (Fsp3) is 0.320. The van der Waals surface area contributed by atoms with Crippen LogP contribution >= 0.6 is 0 Å². The van der Waals surface area contributed by atoms with Crippen LogP contribution in [0.15, 0.2) is 48.7 Å². The monoisotopic (exact) mass is 436 g/mol. The number of methoxy groups -OCH3 is 1. The molecule has 0 spiro atoms. The molecule has 1 amide bonds. The summed E-state index contributed by atoms with van der Waals surface area (Å²) in [6, 6.07) is 12.9. The third-order valence-electron chi connectivity index (χ3n) is 5.04. The molecule has 168 valence electrons. The molecule has 0 aliphatic rings. The predicted molar refractivity (Wildman–Crippen MR) is 122 cm³/mol. The van der Waals surface area contributed by atoms with E-state index >= 15 is 0 Å². The highest BCUT2D eigenvalue weighted by Gasteiger charge is 2.21. The van der Waals surface area contributed by atoms with Crippen LogP contribution in [0.5, 0.6) is 17.2 Å². The third-order valence-corrected chi connectivity index (χ3v) is 5.04. The molecular formula is C25H28N2O5. The first-order valence-corrected chi connectivity index (χ1v) is 10.4. The van der Waals surface area contributed by atoms with E-state index in [0.29, 0.717) is 11.5 Å². The van der Waals surface area contributed by atoms with Gasteiger partial charge >= 0.3 is 0 Å². The molecule has 3 aromatic rings. The van der Waals surface area contributed by atoms with Crippen molar-refractivity contribution in [3.63, 3.8) is 0 Å². The summed E-state index contributed by atoms with van der Waals surface area (Å²) in [5.41, 5.74) is 7.78. The van der Waals surface area contributed by atoms with E-state index < -0.39 is 11.8 Å². The van der Waals surface area contributed by atoms with Crippen LogP contribution in [0, 0.1) is 5.92 Å². The molecule has 2 N–H and O–H groups in total. The van der Waals surface area contributed by atoms with Crippen molar-refractivity contribution in [2.24, 2.45) is 11.7 Å². The molecule has 1 heterocycles. The number of amides is 1. The van der Waals surface area contributed by atoms with Crippen molar-refractivity contribution in [1.29, 1.82) is 0 Å². The Labute approximate surface area is 187 Å². The maximum absolute atomic E-state index is 11.6. The minimum atomic E-state index is -0.821. The maximum Gasteiger partial charge on any atom is 0.228 e. The lowest BCUT2D eigenvalue weighted by atomic mass is 9.95. The summed E-state index contributed by atoms with van der Waals surface area (Å²) in [5, 5.41) is 0.858. The highest BCUT2D eigenvalue weighted by molar-refractivity contribution is 5.99. The Morgan fingerprint density at radius 1 is 1.06 bits per heavy atom. The summed E-state index contributed by atoms with van der Waals surface area (Å²) < 4.78 is 17.4. The molecule has 3 rings (SSSR count). The molecule has 0 aliphatic carbocycles. The standard InChI is InChI=1S/C25H28N2O5/c1-15(2)32-24-18(13-27-23-10-9-20(30-4)12-22(23)24)14-31-19-7-5-17(6-8-19)11-21(16(3)28)25(26)29/h5-10,12-13,15,21H,11,14H2,1-4H3,(H2,26,29). The van der Waals surface area contributed by atoms with Gasteiger partial charge in [-0.25, -0.2) is 0 Å². The van der Waals surface area contributed by atoms with Gasteiger partial charge in [0.25, 0.3) is 0 Å². The topological polar surface area (TPSA) is 101 Å². The average Bonchev–Trinajstić information content (AvgIpc) is 2.76. The number of fused-ring (bicyclic) bond motifs is 1. The van der Waals surface area contributed by atoms with Gasteiger partial charge in [-0.2, -0.15) is 0 Å². The summed E-state index contributed by atoms with van der Waals surface area (Å²) >= 11 is 0. The van der Waals surface area contributed by atoms with Gasteiger partial charge < -0.3 is 19.9 Å². The number of nitrogens with two attached hydrogens (primary N) is 1. The van der Waals surface area contributed by atoms with Gasteiger partial charge in [0.1, 0.15) is 29.6 Å². The Hall–Kier alpha value is -3.61. The van der Waals surface area contributed by atoms with Crippen molar-refractivity contribution >= 4 is 22.6 Å². The SMILES string of the molecule is COc1ccc2ncc(COc3ccc(CC(C(C)=O)C(N)=O)cc3)c(OC(C)C)c2c1. The van der Waals surface area contributed by atoms with Crippen molar-refractivity contribution in [3.05, 3.63) is 59.8 Å². The van der Waals surface area contributed by atoms with E-state index in [0.717, 1.165) is 27.8 Å². The van der Waals surface area contributed by atoms with Crippen molar-refractivity contribution in [3.8, 4) is 17.2 Å². The molecule has 32 heavy (non-hydrogen) atoms. The Morgan fingerprint density at radius 3 is 2.34 bits per heavy atom. The Morgan fingerprint density at radius 2 is 1.75 bits per heavy atom. The van der Waals surface area contributed by atoms with Crippen molar-refractivity contribution in [2.75, 3.05) is 7.11 Å². The van der Waals surface area contributed by atoms with Crippen LogP contribution in [0.1, 0.15) is 31.9 Å². The zero-order chi connectivity index (χ0) is 23.3. The van der Waals surface area contributed by atoms with Crippen LogP contribution in [0.25, 0.3) is 10.9 Å². The predicted octanol–water partition coefficient (Wildman–Crippen LogP) is 3.84. The molecule has 0 fully saturated rings. The number of ketones is 1. The maximum atomic E-state index is 11.6. The number of rotatable bonds is 10. The fourth-order valence-electron chi connectivity index (χ4n) is 3.36. The van der Waals surface area contributed by atoms with Gasteiger partial charge in [0.2, 0.25) is 5.91 Å². The van der Waals surface area contributed by atoms with E-state index in [1.54, 1.807) is 25.4 Å². The summed E-state index contributed by atoms with van der Waals surface area (Å²) in [7, 11) is 1.62. The zero-order valence-corrected chi connectivity index (χ0v) is 18.8. The normalized spacial score (nSPS) is 11.9. The first-order chi connectivity index (χ1) is 15.3. The van der Waals surface area contributed by atoms with Gasteiger partial charge in [-0.3, -0.25) is 14.6 Å². The van der Waals surface area contributed by atoms with Crippen LogP contribution < -0.4 is 19.9 Å². The molecule has 0 saturated heterocycles. The van der Waals surface area contributed by atoms with Crippen LogP contribution in [0.4, 0.5) is 0 Å². The number of ether oxygens (including phenoxy) is 3. The second-order valence-corrected chi connectivity index (χ2v) is 7.86. The quantitative estimate of drug-likeness (QED) is 0.485. The second-order valence-electron chi connectivity index (χ2n) is 7.86. The van der Waals surface area contributed by atoms with Crippen LogP contribution in [0.2, 0.25) is 0 Å². The van der Waals surface area contributed by atoms with E-state index in [1.165, 1.54) is 6.92 Å². The number of nitrogens with zero attached hydrogens (tertiary/aromatic N) is 1. The molecule has 0 aliphatic heterocycles. The van der Waals surface area contributed by atoms with Crippen LogP contribution in [-0.2, 0) is 22.6 Å². The van der Waals surface area contributed by atoms with E-state index in [4.69, 9.17) is 19.9 Å². The van der Waals surface area contributed by atoms with Crippen molar-refractivity contribution in [2.45, 2.75) is 39.9 Å². The van der Waals surface area contributed by atoms with Gasteiger partial charge in [0.05, 0.1) is 30.2 Å². The number of hydrogen-bond acceptors (Lipinski definition) is 6. The Balaban J connectivity index is 1.79. The molecule has 1 atom stereocenters. The minimum absolute atomic E-state index is 0.0238. The van der Waals surface area contributed by atoms with Gasteiger partial charge in [-0.1, -0.05) is 12.1 Å². The Kier molecular flexibility index (Phi) is 7.30. The number of carbonyl (C=O) groups excluding carboxylic acids is 2. The number of carbonyl (C=O) groups is 2. The lowest BCUT2D eigenvalue weighted by Gasteiger charge is -2.17. The van der Waals surface area contributed by atoms with Crippen molar-refractivity contribution in [1.82, 2.24) is 4.98 Å². The largest absolute Gasteiger partial charge is 0.497 e. The summed E-state index contributed by atoms with van der Waals surface area (Å²) in [6.45, 7) is 5.57. The molecule has 7 nitrogen and oxygen atoms in total. The molecule has 2 aromatic carbocycles. The van der Waals surface area contributed by atoms with Gasteiger partial charge in [-0.05, 0) is 63.1 Å². The number of benzene rings is 2. The number of hydrogen-bond donors (Lipinski definition) is 1. The van der Waals surface area contributed by atoms with Crippen molar-refractivity contribution < 1.29 is 23.8 Å². The van der Waals surface area contributed by atoms with Crippen LogP contribution in [-0.4, -0.2) is 29.9 Å². The first-order valence-electron chi connectivity index (χ1n) is 10.4. The van der Waals surface area contributed by atoms with E-state index in [2.05, 4.69) is 4.98 Å². The van der Waals surface area contributed by atoms with Gasteiger partial charge in [-0.15, -0.1) is 0 Å². The molecule has 1 unspecified atom stereocenters. The second kappa shape index (κ2) is 10.1. The number of primary amides is 1. The molecule has 0 radical (unpaired) electrons. The molecule has 7 heteroatoms. The highest BCUT2D eigenvalue weighted by atomic mass is 16.5. The molecule has 0 bridgehead atoms. The fourth-order valence-corrected chi connectivity index (χ4v) is 3.36. The van der Waals surface area contributed by atoms with Crippen LogP contribution in [0.3, 0.4) is 0 Å². The summed E-state index contributed by atoms with van der Waals surface area (Å²) in [4.78, 5) is 27.6. The van der Waals surface area contributed by atoms with E-state index in [1.807, 2.05) is 44.2 Å². The summed E-state index contributed by atoms with van der Waals surface area (Å²) in [6.07, 6.45) is 2.00. The minimum Gasteiger partial charge on any atom is -0.497 e. The first kappa shape index (κ1) is 23.1. The average molecular weight is 437 g/mol. The van der Waals surface area contributed by atoms with E-state index in [9.17, 15) is 9.59 Å². The molecule has 0 saturated carbocycles. The molecular weight excluding hydrogens is 408 g/mol. The Bertz CT molecular complexity index is 1100. The zero-order valence-electron chi connectivity index (χ0n) is 18.8. The lowest BCUT2D eigenvalue weighted by Crippen LogP contribution is -2.30. The molecule has 1 aromatic heterocycles. The van der Waals surface area contributed by atoms with Gasteiger partial charge in [0.15, 0.2) is 0 Å². The smallest absolute Gasteiger partial charge is 0.228 e. The summed E-state index contributed by atoms with van der Waals surface area (Å²) in [5.74, 6) is 0.408. The number of aromatic nitrogens is 1. The van der Waals surface area contributed by atoms with Gasteiger partial charge in [0, 0.05) is 11.6 Å². The third kappa shape index (κ3) is 5.55. The lowest BCUT2D eigenvalue weighted by molar-refractivity contribution is -0.130. The number of pyridine rings is 1. The van der Waals surface area contributed by atoms with E-state index in [-0.39, 0.29) is 24.9 Å². The highest BCUT2D eigenvalue weighted by Crippen LogP contribution is 2.33.